The Bertz CT molecular complexity index is 589. The molecule has 3 rings (SSSR count). The fraction of sp³-hybridized carbons (Fsp3) is 0.533. The summed E-state index contributed by atoms with van der Waals surface area (Å²) in [5.74, 6) is -1.06. The molecule has 1 aromatic heterocycles. The lowest BCUT2D eigenvalue weighted by Gasteiger charge is -2.38. The average molecular weight is 291 g/mol. The van der Waals surface area contributed by atoms with Gasteiger partial charge in [-0.25, -0.2) is 9.37 Å². The quantitative estimate of drug-likeness (QED) is 0.885. The van der Waals surface area contributed by atoms with Gasteiger partial charge in [0.15, 0.2) is 0 Å². The van der Waals surface area contributed by atoms with Crippen molar-refractivity contribution in [2.24, 2.45) is 11.1 Å². The highest BCUT2D eigenvalue weighted by atomic mass is 19.1. The first kappa shape index (κ1) is 14.0. The van der Waals surface area contributed by atoms with Crippen LogP contribution in [0.3, 0.4) is 0 Å². The van der Waals surface area contributed by atoms with Gasteiger partial charge in [0, 0.05) is 5.54 Å². The number of pyridine rings is 1. The van der Waals surface area contributed by atoms with Crippen LogP contribution in [0, 0.1) is 11.2 Å². The van der Waals surface area contributed by atoms with Gasteiger partial charge >= 0.3 is 0 Å². The molecular formula is C15H18FN3O2. The van der Waals surface area contributed by atoms with Crippen LogP contribution in [0.4, 0.5) is 4.39 Å². The number of hydrogen-bond acceptors (Lipinski definition) is 3. The van der Waals surface area contributed by atoms with Gasteiger partial charge in [-0.1, -0.05) is 6.42 Å². The zero-order valence-corrected chi connectivity index (χ0v) is 11.7. The zero-order valence-electron chi connectivity index (χ0n) is 11.7. The van der Waals surface area contributed by atoms with Crippen LogP contribution in [0.2, 0.25) is 0 Å². The molecular weight excluding hydrogens is 273 g/mol. The molecule has 2 saturated carbocycles. The molecule has 1 aromatic rings. The molecule has 21 heavy (non-hydrogen) atoms. The number of rotatable bonds is 3. The van der Waals surface area contributed by atoms with Gasteiger partial charge in [0.1, 0.15) is 11.5 Å². The minimum Gasteiger partial charge on any atom is -0.369 e. The van der Waals surface area contributed by atoms with E-state index in [2.05, 4.69) is 10.3 Å². The number of primary amides is 1. The van der Waals surface area contributed by atoms with Crippen molar-refractivity contribution in [1.29, 1.82) is 0 Å². The van der Waals surface area contributed by atoms with Gasteiger partial charge in [0.05, 0.1) is 11.6 Å². The molecule has 2 aliphatic carbocycles. The number of hydrogen-bond donors (Lipinski definition) is 2. The van der Waals surface area contributed by atoms with Crippen molar-refractivity contribution in [3.05, 3.63) is 29.8 Å². The van der Waals surface area contributed by atoms with Crippen molar-refractivity contribution in [1.82, 2.24) is 10.3 Å². The van der Waals surface area contributed by atoms with Crippen molar-refractivity contribution in [3.8, 4) is 0 Å². The van der Waals surface area contributed by atoms with E-state index in [1.165, 1.54) is 12.1 Å². The van der Waals surface area contributed by atoms with Gasteiger partial charge in [-0.2, -0.15) is 0 Å². The van der Waals surface area contributed by atoms with E-state index in [0.29, 0.717) is 6.42 Å². The highest BCUT2D eigenvalue weighted by Crippen LogP contribution is 2.53. The van der Waals surface area contributed by atoms with Crippen molar-refractivity contribution < 1.29 is 14.0 Å². The maximum atomic E-state index is 12.9. The molecule has 2 fully saturated rings. The summed E-state index contributed by atoms with van der Waals surface area (Å²) in [6.07, 6.45) is 5.62. The van der Waals surface area contributed by atoms with E-state index >= 15 is 0 Å². The van der Waals surface area contributed by atoms with Crippen LogP contribution in [-0.4, -0.2) is 22.3 Å². The monoisotopic (exact) mass is 291 g/mol. The summed E-state index contributed by atoms with van der Waals surface area (Å²) in [7, 11) is 0. The second kappa shape index (κ2) is 4.79. The topological polar surface area (TPSA) is 85.1 Å². The number of nitrogens with zero attached hydrogens (tertiary/aromatic N) is 1. The summed E-state index contributed by atoms with van der Waals surface area (Å²) in [6, 6.07) is 2.57. The fourth-order valence-corrected chi connectivity index (χ4v) is 3.81. The van der Waals surface area contributed by atoms with E-state index in [-0.39, 0.29) is 23.0 Å². The molecule has 0 saturated heterocycles. The number of aromatic nitrogens is 1. The number of fused-ring (bicyclic) bond motifs is 2. The van der Waals surface area contributed by atoms with Crippen LogP contribution in [0.5, 0.6) is 0 Å². The molecule has 0 spiro atoms. The molecule has 2 bridgehead atoms. The molecule has 1 heterocycles. The van der Waals surface area contributed by atoms with Gasteiger partial charge in [0.2, 0.25) is 5.91 Å². The Morgan fingerprint density at radius 2 is 2.05 bits per heavy atom. The lowest BCUT2D eigenvalue weighted by Crippen LogP contribution is -2.51. The van der Waals surface area contributed by atoms with Crippen LogP contribution in [-0.2, 0) is 4.79 Å². The van der Waals surface area contributed by atoms with Crippen molar-refractivity contribution in [3.63, 3.8) is 0 Å². The lowest BCUT2D eigenvalue weighted by molar-refractivity contribution is -0.128. The smallest absolute Gasteiger partial charge is 0.270 e. The predicted octanol–water partition coefficient (Wildman–Crippen LogP) is 1.53. The fourth-order valence-electron chi connectivity index (χ4n) is 3.81. The highest BCUT2D eigenvalue weighted by molar-refractivity contribution is 5.93. The molecule has 2 aliphatic rings. The Hall–Kier alpha value is -1.98. The molecule has 0 unspecified atom stereocenters. The van der Waals surface area contributed by atoms with E-state index in [1.54, 1.807) is 0 Å². The van der Waals surface area contributed by atoms with Gasteiger partial charge in [-0.15, -0.1) is 0 Å². The molecule has 6 heteroatoms. The van der Waals surface area contributed by atoms with Crippen LogP contribution in [0.25, 0.3) is 0 Å². The van der Waals surface area contributed by atoms with Gasteiger partial charge in [-0.3, -0.25) is 9.59 Å². The van der Waals surface area contributed by atoms with Gasteiger partial charge < -0.3 is 11.1 Å². The molecule has 3 N–H and O–H groups in total. The normalized spacial score (nSPS) is 30.9. The summed E-state index contributed by atoms with van der Waals surface area (Å²) in [6.45, 7) is 0. The van der Waals surface area contributed by atoms with Gasteiger partial charge in [-0.05, 0) is 44.2 Å². The van der Waals surface area contributed by atoms with Crippen LogP contribution < -0.4 is 11.1 Å². The second-order valence-corrected chi connectivity index (χ2v) is 6.27. The third-order valence-electron chi connectivity index (χ3n) is 4.93. The van der Waals surface area contributed by atoms with E-state index < -0.39 is 11.2 Å². The average Bonchev–Trinajstić information content (AvgIpc) is 2.72. The maximum absolute atomic E-state index is 12.9. The molecule has 5 nitrogen and oxygen atoms in total. The number of carbonyl (C=O) groups excluding carboxylic acids is 2. The van der Waals surface area contributed by atoms with Gasteiger partial charge in [0.25, 0.3) is 5.91 Å². The summed E-state index contributed by atoms with van der Waals surface area (Å²) < 4.78 is 12.9. The maximum Gasteiger partial charge on any atom is 0.270 e. The molecule has 0 aromatic carbocycles. The lowest BCUT2D eigenvalue weighted by atomic mass is 9.72. The predicted molar refractivity (Wildman–Crippen MR) is 73.7 cm³/mol. The summed E-state index contributed by atoms with van der Waals surface area (Å²) in [4.78, 5) is 27.8. The molecule has 2 atom stereocenters. The van der Waals surface area contributed by atoms with E-state index in [9.17, 15) is 14.0 Å². The van der Waals surface area contributed by atoms with Crippen LogP contribution in [0.1, 0.15) is 49.0 Å². The zero-order chi connectivity index (χ0) is 15.1. The minimum absolute atomic E-state index is 0.188. The Balaban J connectivity index is 1.77. The number of carbonyl (C=O) groups is 2. The Labute approximate surface area is 122 Å². The summed E-state index contributed by atoms with van der Waals surface area (Å²) >= 11 is 0. The molecule has 0 radical (unpaired) electrons. The number of nitrogens with two attached hydrogens (primary N) is 1. The second-order valence-electron chi connectivity index (χ2n) is 6.27. The number of amides is 2. The Morgan fingerprint density at radius 3 is 2.71 bits per heavy atom. The highest BCUT2D eigenvalue weighted by Gasteiger charge is 2.54. The third-order valence-corrected chi connectivity index (χ3v) is 4.93. The minimum atomic E-state index is -0.476. The van der Waals surface area contributed by atoms with Crippen LogP contribution in [0.15, 0.2) is 18.3 Å². The van der Waals surface area contributed by atoms with Crippen molar-refractivity contribution in [2.75, 3.05) is 0 Å². The molecule has 112 valence electrons. The standard InChI is InChI=1S/C15H18FN3O2/c16-10-2-3-11(18-8-10)12(20)19-15-5-1-4-14(9-15,6-7-15)13(17)21/h2-3,8H,1,4-7,9H2,(H2,17,21)(H,19,20)/t14-,15+/m0/s1. The Kier molecular flexibility index (Phi) is 3.19. The first-order valence-corrected chi connectivity index (χ1v) is 7.19. The largest absolute Gasteiger partial charge is 0.369 e. The SMILES string of the molecule is NC(=O)[C@@]12CCC[C@@](NC(=O)c3ccc(F)cn3)(CC1)C2. The Morgan fingerprint density at radius 1 is 1.24 bits per heavy atom. The third kappa shape index (κ3) is 2.39. The summed E-state index contributed by atoms with van der Waals surface area (Å²) in [5.41, 5.74) is 4.89. The van der Waals surface area contributed by atoms with Crippen LogP contribution >= 0.6 is 0 Å². The van der Waals surface area contributed by atoms with E-state index in [4.69, 9.17) is 5.73 Å². The number of halogens is 1. The van der Waals surface area contributed by atoms with E-state index in [0.717, 1.165) is 38.3 Å². The molecule has 0 aliphatic heterocycles. The first-order valence-electron chi connectivity index (χ1n) is 7.19. The molecule has 2 amide bonds. The van der Waals surface area contributed by atoms with Crippen molar-refractivity contribution in [2.45, 2.75) is 44.1 Å². The van der Waals surface area contributed by atoms with Crippen molar-refractivity contribution >= 4 is 11.8 Å². The number of nitrogens with one attached hydrogen (secondary N) is 1. The summed E-state index contributed by atoms with van der Waals surface area (Å²) in [5, 5.41) is 3.01. The first-order chi connectivity index (χ1) is 9.95. The van der Waals surface area contributed by atoms with E-state index in [1.807, 2.05) is 0 Å².